The molecule has 1 aliphatic rings. The van der Waals surface area contributed by atoms with Crippen molar-refractivity contribution in [3.8, 4) is 11.5 Å². The molecule has 1 amide bonds. The van der Waals surface area contributed by atoms with E-state index in [4.69, 9.17) is 25.5 Å². The number of methoxy groups -OCH3 is 1. The Bertz CT molecular complexity index is 1520. The Morgan fingerprint density at radius 2 is 1.83 bits per heavy atom. The van der Waals surface area contributed by atoms with Gasteiger partial charge in [0.05, 0.1) is 35.7 Å². The Kier molecular flexibility index (Phi) is 6.77. The maximum absolute atomic E-state index is 13.8. The van der Waals surface area contributed by atoms with E-state index in [1.54, 1.807) is 41.3 Å². The molecular formula is C28H23BrClNO5. The first kappa shape index (κ1) is 24.4. The first-order valence-electron chi connectivity index (χ1n) is 11.6. The molecule has 0 spiro atoms. The van der Waals surface area contributed by atoms with Crippen molar-refractivity contribution < 1.29 is 18.7 Å². The van der Waals surface area contributed by atoms with Crippen LogP contribution in [-0.2, 0) is 0 Å². The number of hydrogen-bond donors (Lipinski definition) is 0. The molecule has 3 aromatic carbocycles. The van der Waals surface area contributed by atoms with Gasteiger partial charge in [0.25, 0.3) is 5.91 Å². The summed E-state index contributed by atoms with van der Waals surface area (Å²) >= 11 is 9.83. The topological polar surface area (TPSA) is 69.0 Å². The van der Waals surface area contributed by atoms with Crippen molar-refractivity contribution in [3.05, 3.63) is 97.3 Å². The van der Waals surface area contributed by atoms with E-state index in [1.165, 1.54) is 7.11 Å². The molecule has 5 rings (SSSR count). The minimum absolute atomic E-state index is 0.0232. The maximum atomic E-state index is 13.8. The fraction of sp³-hybridized carbons (Fsp3) is 0.214. The van der Waals surface area contributed by atoms with Crippen molar-refractivity contribution in [2.75, 3.05) is 18.6 Å². The Morgan fingerprint density at radius 1 is 1.06 bits per heavy atom. The van der Waals surface area contributed by atoms with Gasteiger partial charge in [0.1, 0.15) is 17.1 Å². The van der Waals surface area contributed by atoms with Crippen LogP contribution in [0.5, 0.6) is 11.5 Å². The molecule has 0 fully saturated rings. The first-order chi connectivity index (χ1) is 17.4. The highest BCUT2D eigenvalue weighted by Gasteiger charge is 2.43. The molecule has 0 bridgehead atoms. The summed E-state index contributed by atoms with van der Waals surface area (Å²) in [6, 6.07) is 17.0. The van der Waals surface area contributed by atoms with Crippen LogP contribution in [0.2, 0.25) is 5.02 Å². The Hall–Kier alpha value is -3.29. The summed E-state index contributed by atoms with van der Waals surface area (Å²) in [4.78, 5) is 29.0. The molecule has 4 aromatic rings. The minimum Gasteiger partial charge on any atom is -0.495 e. The number of rotatable bonds is 7. The summed E-state index contributed by atoms with van der Waals surface area (Å²) in [5.74, 6) is 0.821. The molecule has 1 aliphatic heterocycles. The number of hydrogen-bond acceptors (Lipinski definition) is 5. The second-order valence-corrected chi connectivity index (χ2v) is 9.80. The Balaban J connectivity index is 1.68. The molecule has 0 N–H and O–H groups in total. The molecule has 8 heteroatoms. The van der Waals surface area contributed by atoms with E-state index >= 15 is 0 Å². The lowest BCUT2D eigenvalue weighted by Gasteiger charge is -2.26. The highest BCUT2D eigenvalue weighted by atomic mass is 79.9. The first-order valence-corrected chi connectivity index (χ1v) is 12.8. The van der Waals surface area contributed by atoms with Gasteiger partial charge in [-0.25, -0.2) is 0 Å². The van der Waals surface area contributed by atoms with Crippen molar-refractivity contribution in [2.24, 2.45) is 0 Å². The average molecular weight is 569 g/mol. The number of benzene rings is 3. The molecule has 1 unspecified atom stereocenters. The monoisotopic (exact) mass is 567 g/mol. The zero-order valence-corrected chi connectivity index (χ0v) is 22.1. The molecule has 0 saturated carbocycles. The largest absolute Gasteiger partial charge is 0.495 e. The SMILES string of the molecule is CCCCOc1ccc(C2c3c(oc4ccc(Br)cc4c3=O)C(=O)N2c2ccc(OC)c(Cl)c2)cc1. The Morgan fingerprint density at radius 3 is 2.53 bits per heavy atom. The molecule has 0 saturated heterocycles. The van der Waals surface area contributed by atoms with Gasteiger partial charge in [-0.15, -0.1) is 0 Å². The number of anilines is 1. The van der Waals surface area contributed by atoms with Crippen LogP contribution in [0.4, 0.5) is 5.69 Å². The summed E-state index contributed by atoms with van der Waals surface area (Å²) in [6.45, 7) is 2.73. The van der Waals surface area contributed by atoms with Crippen LogP contribution in [0.3, 0.4) is 0 Å². The van der Waals surface area contributed by atoms with Crippen LogP contribution < -0.4 is 19.8 Å². The number of unbranched alkanes of at least 4 members (excludes halogenated alkanes) is 1. The van der Waals surface area contributed by atoms with Crippen molar-refractivity contribution in [2.45, 2.75) is 25.8 Å². The quantitative estimate of drug-likeness (QED) is 0.222. The van der Waals surface area contributed by atoms with Gasteiger partial charge in [-0.3, -0.25) is 14.5 Å². The van der Waals surface area contributed by atoms with Gasteiger partial charge in [0.15, 0.2) is 5.43 Å². The van der Waals surface area contributed by atoms with E-state index in [9.17, 15) is 9.59 Å². The van der Waals surface area contributed by atoms with Crippen LogP contribution in [0, 0.1) is 0 Å². The number of carbonyl (C=O) groups excluding carboxylic acids is 1. The minimum atomic E-state index is -0.707. The van der Waals surface area contributed by atoms with Gasteiger partial charge in [-0.2, -0.15) is 0 Å². The van der Waals surface area contributed by atoms with Gasteiger partial charge in [-0.1, -0.05) is 53.0 Å². The van der Waals surface area contributed by atoms with E-state index in [0.29, 0.717) is 34.0 Å². The summed E-state index contributed by atoms with van der Waals surface area (Å²) in [6.07, 6.45) is 2.00. The second kappa shape index (κ2) is 9.99. The molecule has 0 radical (unpaired) electrons. The predicted molar refractivity (Wildman–Crippen MR) is 144 cm³/mol. The predicted octanol–water partition coefficient (Wildman–Crippen LogP) is 7.15. The average Bonchev–Trinajstić information content (AvgIpc) is 3.17. The number of nitrogens with zero attached hydrogens (tertiary/aromatic N) is 1. The summed E-state index contributed by atoms with van der Waals surface area (Å²) < 4.78 is 17.9. The fourth-order valence-corrected chi connectivity index (χ4v) is 5.03. The lowest BCUT2D eigenvalue weighted by Crippen LogP contribution is -2.29. The van der Waals surface area contributed by atoms with Crippen LogP contribution in [0.15, 0.2) is 74.3 Å². The van der Waals surface area contributed by atoms with E-state index in [0.717, 1.165) is 28.6 Å². The zero-order chi connectivity index (χ0) is 25.4. The van der Waals surface area contributed by atoms with E-state index < -0.39 is 11.9 Å². The van der Waals surface area contributed by atoms with Crippen molar-refractivity contribution >= 4 is 50.1 Å². The number of ether oxygens (including phenoxy) is 2. The molecule has 6 nitrogen and oxygen atoms in total. The highest BCUT2D eigenvalue weighted by molar-refractivity contribution is 9.10. The van der Waals surface area contributed by atoms with Gasteiger partial charge in [-0.05, 0) is 60.5 Å². The molecule has 1 atom stereocenters. The zero-order valence-electron chi connectivity index (χ0n) is 19.7. The number of halogens is 2. The van der Waals surface area contributed by atoms with Crippen LogP contribution in [0.25, 0.3) is 11.0 Å². The summed E-state index contributed by atoms with van der Waals surface area (Å²) in [5.41, 5.74) is 1.66. The molecule has 0 aliphatic carbocycles. The summed E-state index contributed by atoms with van der Waals surface area (Å²) in [5, 5.41) is 0.751. The number of fused-ring (bicyclic) bond motifs is 2. The van der Waals surface area contributed by atoms with Crippen molar-refractivity contribution in [3.63, 3.8) is 0 Å². The third kappa shape index (κ3) is 4.27. The second-order valence-electron chi connectivity index (χ2n) is 8.48. The molecule has 36 heavy (non-hydrogen) atoms. The highest BCUT2D eigenvalue weighted by Crippen LogP contribution is 2.43. The van der Waals surface area contributed by atoms with E-state index in [-0.39, 0.29) is 16.8 Å². The van der Waals surface area contributed by atoms with Crippen LogP contribution in [0.1, 0.15) is 47.5 Å². The fourth-order valence-electron chi connectivity index (χ4n) is 4.41. The maximum Gasteiger partial charge on any atom is 0.295 e. The van der Waals surface area contributed by atoms with Gasteiger partial charge in [0, 0.05) is 10.2 Å². The molecular weight excluding hydrogens is 546 g/mol. The third-order valence-corrected chi connectivity index (χ3v) is 7.00. The van der Waals surface area contributed by atoms with Gasteiger partial charge in [0.2, 0.25) is 5.76 Å². The smallest absolute Gasteiger partial charge is 0.295 e. The lowest BCUT2D eigenvalue weighted by molar-refractivity contribution is 0.0971. The van der Waals surface area contributed by atoms with Gasteiger partial charge < -0.3 is 13.9 Å². The lowest BCUT2D eigenvalue weighted by atomic mass is 9.98. The van der Waals surface area contributed by atoms with Crippen molar-refractivity contribution in [1.82, 2.24) is 0 Å². The Labute approximate surface area is 221 Å². The molecule has 1 aromatic heterocycles. The van der Waals surface area contributed by atoms with E-state index in [2.05, 4.69) is 22.9 Å². The van der Waals surface area contributed by atoms with Crippen molar-refractivity contribution in [1.29, 1.82) is 0 Å². The van der Waals surface area contributed by atoms with Gasteiger partial charge >= 0.3 is 0 Å². The normalized spacial score (nSPS) is 14.8. The standard InChI is InChI=1S/C28H23BrClNO5/c1-3-4-13-35-19-9-5-16(6-10-19)25-24-26(32)20-14-17(29)7-11-22(20)36-27(24)28(33)31(25)18-8-12-23(34-2)21(30)15-18/h5-12,14-15,25H,3-4,13H2,1-2H3. The molecule has 2 heterocycles. The number of amides is 1. The molecule has 184 valence electrons. The summed E-state index contributed by atoms with van der Waals surface area (Å²) in [7, 11) is 1.52. The van der Waals surface area contributed by atoms with Crippen LogP contribution in [-0.4, -0.2) is 19.6 Å². The third-order valence-electron chi connectivity index (χ3n) is 6.21. The number of carbonyl (C=O) groups is 1. The van der Waals surface area contributed by atoms with Crippen LogP contribution >= 0.6 is 27.5 Å². The van der Waals surface area contributed by atoms with E-state index in [1.807, 2.05) is 24.3 Å².